The minimum atomic E-state index is -0.680. The van der Waals surface area contributed by atoms with Crippen molar-refractivity contribution in [3.63, 3.8) is 0 Å². The molecule has 0 saturated carbocycles. The Bertz CT molecular complexity index is 559. The quantitative estimate of drug-likeness (QED) is 0.495. The molecule has 0 fully saturated rings. The van der Waals surface area contributed by atoms with Crippen LogP contribution in [0.15, 0.2) is 32.5 Å². The van der Waals surface area contributed by atoms with Crippen molar-refractivity contribution in [2.24, 2.45) is 0 Å². The number of furan rings is 1. The number of nitro groups is 1. The maximum Gasteiger partial charge on any atom is 0.433 e. The van der Waals surface area contributed by atoms with Crippen LogP contribution in [-0.2, 0) is 0 Å². The third-order valence-corrected chi connectivity index (χ3v) is 3.66. The molecule has 0 amide bonds. The Balaban J connectivity index is 2.35. The van der Waals surface area contributed by atoms with Crippen molar-refractivity contribution in [2.75, 3.05) is 0 Å². The minimum Gasteiger partial charge on any atom is -0.397 e. The van der Waals surface area contributed by atoms with Gasteiger partial charge in [-0.25, -0.2) is 0 Å². The highest BCUT2D eigenvalue weighted by Gasteiger charge is 2.21. The first-order chi connectivity index (χ1) is 7.59. The minimum absolute atomic E-state index is 0.0325. The maximum atomic E-state index is 11.8. The highest BCUT2D eigenvalue weighted by Crippen LogP contribution is 2.27. The summed E-state index contributed by atoms with van der Waals surface area (Å²) in [7, 11) is 0. The summed E-state index contributed by atoms with van der Waals surface area (Å²) in [4.78, 5) is 22.0. The first kappa shape index (κ1) is 11.0. The van der Waals surface area contributed by atoms with Gasteiger partial charge in [-0.2, -0.15) is 0 Å². The summed E-state index contributed by atoms with van der Waals surface area (Å²) in [5.41, 5.74) is 0. The predicted molar refractivity (Wildman–Crippen MR) is 60.8 cm³/mol. The molecule has 82 valence electrons. The Hall–Kier alpha value is -1.47. The van der Waals surface area contributed by atoms with E-state index in [2.05, 4.69) is 15.9 Å². The number of hydrogen-bond acceptors (Lipinski definition) is 5. The largest absolute Gasteiger partial charge is 0.433 e. The van der Waals surface area contributed by atoms with Gasteiger partial charge in [-0.3, -0.25) is 14.9 Å². The van der Waals surface area contributed by atoms with Crippen LogP contribution in [-0.4, -0.2) is 10.7 Å². The van der Waals surface area contributed by atoms with Crippen molar-refractivity contribution >= 4 is 38.9 Å². The molecule has 2 aromatic heterocycles. The van der Waals surface area contributed by atoms with Crippen LogP contribution >= 0.6 is 27.3 Å². The third kappa shape index (κ3) is 1.91. The molecule has 0 spiro atoms. The Kier molecular flexibility index (Phi) is 2.88. The molecule has 0 saturated heterocycles. The standard InChI is InChI=1S/C9H4BrNO4S/c10-5-3-4-16-9(5)8(12)6-1-2-7(15-6)11(13)14/h1-4H. The Morgan fingerprint density at radius 3 is 2.69 bits per heavy atom. The van der Waals surface area contributed by atoms with Crippen molar-refractivity contribution in [3.05, 3.63) is 48.8 Å². The Labute approximate surface area is 102 Å². The van der Waals surface area contributed by atoms with E-state index in [0.29, 0.717) is 9.35 Å². The zero-order valence-corrected chi connectivity index (χ0v) is 10.1. The van der Waals surface area contributed by atoms with E-state index in [1.54, 1.807) is 11.4 Å². The highest BCUT2D eigenvalue weighted by molar-refractivity contribution is 9.10. The third-order valence-electron chi connectivity index (χ3n) is 1.82. The van der Waals surface area contributed by atoms with Crippen LogP contribution in [0.2, 0.25) is 0 Å². The van der Waals surface area contributed by atoms with Crippen molar-refractivity contribution in [2.45, 2.75) is 0 Å². The van der Waals surface area contributed by atoms with Crippen LogP contribution in [0, 0.1) is 10.1 Å². The molecule has 2 heterocycles. The molecule has 0 aliphatic rings. The number of nitrogens with zero attached hydrogens (tertiary/aromatic N) is 1. The van der Waals surface area contributed by atoms with E-state index >= 15 is 0 Å². The zero-order chi connectivity index (χ0) is 11.7. The van der Waals surface area contributed by atoms with E-state index in [9.17, 15) is 14.9 Å². The summed E-state index contributed by atoms with van der Waals surface area (Å²) in [6, 6.07) is 4.19. The van der Waals surface area contributed by atoms with E-state index in [1.165, 1.54) is 17.4 Å². The zero-order valence-electron chi connectivity index (χ0n) is 7.68. The molecule has 0 aliphatic heterocycles. The number of rotatable bonds is 3. The molecular weight excluding hydrogens is 298 g/mol. The molecule has 5 nitrogen and oxygen atoms in total. The number of ketones is 1. The van der Waals surface area contributed by atoms with Crippen molar-refractivity contribution in [1.29, 1.82) is 0 Å². The van der Waals surface area contributed by atoms with Crippen LogP contribution in [0.1, 0.15) is 15.4 Å². The van der Waals surface area contributed by atoms with Crippen molar-refractivity contribution in [3.8, 4) is 0 Å². The molecule has 16 heavy (non-hydrogen) atoms. The van der Waals surface area contributed by atoms with Crippen molar-refractivity contribution in [1.82, 2.24) is 0 Å². The summed E-state index contributed by atoms with van der Waals surface area (Å²) in [5, 5.41) is 12.1. The summed E-state index contributed by atoms with van der Waals surface area (Å²) >= 11 is 4.46. The number of hydrogen-bond donors (Lipinski definition) is 0. The summed E-state index contributed by atoms with van der Waals surface area (Å²) < 4.78 is 5.48. The number of carbonyl (C=O) groups excluding carboxylic acids is 1. The first-order valence-electron chi connectivity index (χ1n) is 4.11. The van der Waals surface area contributed by atoms with Gasteiger partial charge in [-0.15, -0.1) is 11.3 Å². The molecule has 0 bridgehead atoms. The average molecular weight is 302 g/mol. The normalized spacial score (nSPS) is 10.3. The monoisotopic (exact) mass is 301 g/mol. The number of halogens is 1. The van der Waals surface area contributed by atoms with E-state index in [0.717, 1.165) is 6.07 Å². The molecule has 0 radical (unpaired) electrons. The molecule has 0 N–H and O–H groups in total. The molecule has 0 aliphatic carbocycles. The van der Waals surface area contributed by atoms with E-state index < -0.39 is 10.8 Å². The smallest absolute Gasteiger partial charge is 0.397 e. The van der Waals surface area contributed by atoms with Crippen LogP contribution < -0.4 is 0 Å². The van der Waals surface area contributed by atoms with Crippen LogP contribution in [0.4, 0.5) is 5.88 Å². The van der Waals surface area contributed by atoms with E-state index in [4.69, 9.17) is 4.42 Å². The van der Waals surface area contributed by atoms with Crippen LogP contribution in [0.5, 0.6) is 0 Å². The van der Waals surface area contributed by atoms with Crippen LogP contribution in [0.3, 0.4) is 0 Å². The fourth-order valence-electron chi connectivity index (χ4n) is 1.12. The second-order valence-electron chi connectivity index (χ2n) is 2.82. The fourth-order valence-corrected chi connectivity index (χ4v) is 2.61. The Morgan fingerprint density at radius 1 is 1.44 bits per heavy atom. The second kappa shape index (κ2) is 4.18. The summed E-state index contributed by atoms with van der Waals surface area (Å²) in [6.07, 6.45) is 0. The van der Waals surface area contributed by atoms with Gasteiger partial charge in [0.1, 0.15) is 4.92 Å². The average Bonchev–Trinajstić information content (AvgIpc) is 2.84. The van der Waals surface area contributed by atoms with Gasteiger partial charge in [0.05, 0.1) is 10.9 Å². The maximum absolute atomic E-state index is 11.8. The molecule has 7 heteroatoms. The Morgan fingerprint density at radius 2 is 2.19 bits per heavy atom. The van der Waals surface area contributed by atoms with Gasteiger partial charge in [0.15, 0.2) is 5.76 Å². The van der Waals surface area contributed by atoms with Crippen LogP contribution in [0.25, 0.3) is 0 Å². The van der Waals surface area contributed by atoms with Crippen molar-refractivity contribution < 1.29 is 14.1 Å². The van der Waals surface area contributed by atoms with E-state index in [1.807, 2.05) is 0 Å². The van der Waals surface area contributed by atoms with Gasteiger partial charge < -0.3 is 4.42 Å². The molecule has 0 atom stereocenters. The summed E-state index contributed by atoms with van der Waals surface area (Å²) in [6.45, 7) is 0. The molecule has 2 rings (SSSR count). The van der Waals surface area contributed by atoms with E-state index in [-0.39, 0.29) is 11.5 Å². The summed E-state index contributed by atoms with van der Waals surface area (Å²) in [5.74, 6) is -0.833. The lowest BCUT2D eigenvalue weighted by atomic mass is 10.2. The molecular formula is C9H4BrNO4S. The number of carbonyl (C=O) groups is 1. The first-order valence-corrected chi connectivity index (χ1v) is 5.79. The lowest BCUT2D eigenvalue weighted by Crippen LogP contribution is -1.96. The lowest BCUT2D eigenvalue weighted by Gasteiger charge is -1.92. The SMILES string of the molecule is O=C(c1ccc([N+](=O)[O-])o1)c1sccc1Br. The van der Waals surface area contributed by atoms with Gasteiger partial charge in [-0.05, 0) is 33.4 Å². The van der Waals surface area contributed by atoms with Gasteiger partial charge in [-0.1, -0.05) is 0 Å². The molecule has 0 unspecified atom stereocenters. The topological polar surface area (TPSA) is 73.3 Å². The lowest BCUT2D eigenvalue weighted by molar-refractivity contribution is -0.402. The van der Waals surface area contributed by atoms with Gasteiger partial charge >= 0.3 is 5.88 Å². The molecule has 0 aromatic carbocycles. The number of thiophene rings is 1. The van der Waals surface area contributed by atoms with Gasteiger partial charge in [0.2, 0.25) is 5.78 Å². The van der Waals surface area contributed by atoms with Gasteiger partial charge in [0, 0.05) is 4.47 Å². The molecule has 2 aromatic rings. The fraction of sp³-hybridized carbons (Fsp3) is 0. The highest BCUT2D eigenvalue weighted by atomic mass is 79.9. The van der Waals surface area contributed by atoms with Gasteiger partial charge in [0.25, 0.3) is 0 Å². The second-order valence-corrected chi connectivity index (χ2v) is 4.59. The predicted octanol–water partition coefficient (Wildman–Crippen LogP) is 3.24.